The summed E-state index contributed by atoms with van der Waals surface area (Å²) in [6.07, 6.45) is 5.69. The number of hydrogen-bond donors (Lipinski definition) is 0. The third kappa shape index (κ3) is 3.96. The first kappa shape index (κ1) is 15.8. The molecule has 1 atom stereocenters. The van der Waals surface area contributed by atoms with Crippen LogP contribution in [0.25, 0.3) is 10.8 Å². The van der Waals surface area contributed by atoms with Crippen molar-refractivity contribution in [1.29, 1.82) is 0 Å². The summed E-state index contributed by atoms with van der Waals surface area (Å²) in [5.74, 6) is 1.91. The molecule has 1 unspecified atom stereocenters. The minimum Gasteiger partial charge on any atom is -0.357 e. The Balaban J connectivity index is 2.23. The minimum atomic E-state index is 0.784. The van der Waals surface area contributed by atoms with Gasteiger partial charge in [-0.15, -0.1) is 0 Å². The second-order valence-corrected chi connectivity index (χ2v) is 6.13. The Hall–Kier alpha value is -1.57. The molecule has 0 spiro atoms. The largest absolute Gasteiger partial charge is 0.357 e. The molecule has 0 amide bonds. The van der Waals surface area contributed by atoms with Gasteiger partial charge in [-0.05, 0) is 42.7 Å². The normalized spacial score (nSPS) is 12.6. The fraction of sp³-hybridized carbons (Fsp3) is 0.526. The molecule has 0 saturated carbocycles. The average molecular weight is 284 g/mol. The van der Waals surface area contributed by atoms with Gasteiger partial charge in [0, 0.05) is 24.7 Å². The summed E-state index contributed by atoms with van der Waals surface area (Å²) in [7, 11) is 0. The number of fused-ring (bicyclic) bond motifs is 1. The quantitative estimate of drug-likeness (QED) is 0.695. The van der Waals surface area contributed by atoms with Gasteiger partial charge < -0.3 is 4.90 Å². The third-order valence-corrected chi connectivity index (χ3v) is 4.37. The molecule has 2 heteroatoms. The van der Waals surface area contributed by atoms with Gasteiger partial charge in [-0.3, -0.25) is 0 Å². The van der Waals surface area contributed by atoms with Gasteiger partial charge >= 0.3 is 0 Å². The van der Waals surface area contributed by atoms with E-state index in [1.54, 1.807) is 0 Å². The van der Waals surface area contributed by atoms with Crippen molar-refractivity contribution in [2.24, 2.45) is 5.92 Å². The number of aryl methyl sites for hydroxylation is 1. The van der Waals surface area contributed by atoms with E-state index in [1.807, 2.05) is 6.20 Å². The van der Waals surface area contributed by atoms with Crippen LogP contribution >= 0.6 is 0 Å². The second-order valence-electron chi connectivity index (χ2n) is 6.13. The Morgan fingerprint density at radius 1 is 1.19 bits per heavy atom. The van der Waals surface area contributed by atoms with E-state index in [9.17, 15) is 0 Å². The maximum absolute atomic E-state index is 4.72. The standard InChI is InChI=1S/C19H28N2/c1-5-11-21(12-10-15(3)6-2)19-13-17-9-7-8-16(4)18(17)14-20-19/h7-9,13-15H,5-6,10-12H2,1-4H3. The van der Waals surface area contributed by atoms with Crippen molar-refractivity contribution in [2.45, 2.75) is 47.0 Å². The first-order chi connectivity index (χ1) is 10.2. The third-order valence-electron chi connectivity index (χ3n) is 4.37. The summed E-state index contributed by atoms with van der Waals surface area (Å²) >= 11 is 0. The molecule has 0 N–H and O–H groups in total. The SMILES string of the molecule is CCCN(CCC(C)CC)c1cc2cccc(C)c2cn1. The van der Waals surface area contributed by atoms with E-state index >= 15 is 0 Å². The molecule has 0 bridgehead atoms. The summed E-state index contributed by atoms with van der Waals surface area (Å²) in [5.41, 5.74) is 1.30. The molecular weight excluding hydrogens is 256 g/mol. The number of aromatic nitrogens is 1. The molecule has 2 aromatic rings. The highest BCUT2D eigenvalue weighted by atomic mass is 15.2. The van der Waals surface area contributed by atoms with Crippen molar-refractivity contribution in [1.82, 2.24) is 4.98 Å². The van der Waals surface area contributed by atoms with Gasteiger partial charge in [0.25, 0.3) is 0 Å². The zero-order valence-corrected chi connectivity index (χ0v) is 13.9. The van der Waals surface area contributed by atoms with E-state index < -0.39 is 0 Å². The minimum absolute atomic E-state index is 0.784. The van der Waals surface area contributed by atoms with E-state index in [1.165, 1.54) is 29.2 Å². The van der Waals surface area contributed by atoms with Gasteiger partial charge in [0.15, 0.2) is 0 Å². The van der Waals surface area contributed by atoms with E-state index in [-0.39, 0.29) is 0 Å². The molecule has 114 valence electrons. The van der Waals surface area contributed by atoms with E-state index in [2.05, 4.69) is 56.9 Å². The van der Waals surface area contributed by atoms with Crippen molar-refractivity contribution >= 4 is 16.6 Å². The van der Waals surface area contributed by atoms with Crippen LogP contribution in [-0.2, 0) is 0 Å². The van der Waals surface area contributed by atoms with Crippen LogP contribution in [0, 0.1) is 12.8 Å². The molecule has 21 heavy (non-hydrogen) atoms. The molecular formula is C19H28N2. The number of rotatable bonds is 7. The number of hydrogen-bond acceptors (Lipinski definition) is 2. The molecule has 0 saturated heterocycles. The van der Waals surface area contributed by atoms with E-state index in [0.717, 1.165) is 31.2 Å². The van der Waals surface area contributed by atoms with E-state index in [0.29, 0.717) is 0 Å². The number of nitrogens with zero attached hydrogens (tertiary/aromatic N) is 2. The highest BCUT2D eigenvalue weighted by Crippen LogP contribution is 2.23. The van der Waals surface area contributed by atoms with Crippen LogP contribution in [0.4, 0.5) is 5.82 Å². The molecule has 1 aromatic carbocycles. The Bertz CT molecular complexity index is 577. The first-order valence-corrected chi connectivity index (χ1v) is 8.26. The van der Waals surface area contributed by atoms with Crippen LogP contribution in [0.2, 0.25) is 0 Å². The Kier molecular flexibility index (Phi) is 5.60. The highest BCUT2D eigenvalue weighted by Gasteiger charge is 2.10. The van der Waals surface area contributed by atoms with Gasteiger partial charge in [0.1, 0.15) is 5.82 Å². The lowest BCUT2D eigenvalue weighted by atomic mass is 10.0. The first-order valence-electron chi connectivity index (χ1n) is 8.26. The molecule has 2 nitrogen and oxygen atoms in total. The molecule has 0 aliphatic rings. The molecule has 2 rings (SSSR count). The predicted molar refractivity (Wildman–Crippen MR) is 93.1 cm³/mol. The van der Waals surface area contributed by atoms with Crippen LogP contribution < -0.4 is 4.90 Å². The van der Waals surface area contributed by atoms with Crippen LogP contribution in [0.1, 0.15) is 45.6 Å². The molecule has 0 fully saturated rings. The lowest BCUT2D eigenvalue weighted by Gasteiger charge is -2.25. The fourth-order valence-electron chi connectivity index (χ4n) is 2.68. The summed E-state index contributed by atoms with van der Waals surface area (Å²) in [5, 5.41) is 2.56. The van der Waals surface area contributed by atoms with Crippen molar-refractivity contribution in [3.63, 3.8) is 0 Å². The number of anilines is 1. The van der Waals surface area contributed by atoms with Gasteiger partial charge in [0.2, 0.25) is 0 Å². The monoisotopic (exact) mass is 284 g/mol. The zero-order valence-electron chi connectivity index (χ0n) is 13.9. The molecule has 1 heterocycles. The van der Waals surface area contributed by atoms with Crippen LogP contribution in [0.5, 0.6) is 0 Å². The topological polar surface area (TPSA) is 16.1 Å². The second kappa shape index (κ2) is 7.44. The maximum Gasteiger partial charge on any atom is 0.129 e. The van der Waals surface area contributed by atoms with Crippen LogP contribution in [0.15, 0.2) is 30.5 Å². The Labute approximate surface area is 129 Å². The van der Waals surface area contributed by atoms with E-state index in [4.69, 9.17) is 4.98 Å². The van der Waals surface area contributed by atoms with Gasteiger partial charge in [0.05, 0.1) is 0 Å². The van der Waals surface area contributed by atoms with Crippen molar-refractivity contribution in [3.05, 3.63) is 36.0 Å². The average Bonchev–Trinajstić information content (AvgIpc) is 2.51. The lowest BCUT2D eigenvalue weighted by Crippen LogP contribution is -2.27. The van der Waals surface area contributed by atoms with Gasteiger partial charge in [-0.25, -0.2) is 4.98 Å². The molecule has 1 aromatic heterocycles. The molecule has 0 aliphatic carbocycles. The van der Waals surface area contributed by atoms with Gasteiger partial charge in [-0.1, -0.05) is 45.4 Å². The summed E-state index contributed by atoms with van der Waals surface area (Å²) in [6.45, 7) is 11.2. The summed E-state index contributed by atoms with van der Waals surface area (Å²) in [4.78, 5) is 7.15. The Morgan fingerprint density at radius 3 is 2.71 bits per heavy atom. The van der Waals surface area contributed by atoms with Gasteiger partial charge in [-0.2, -0.15) is 0 Å². The predicted octanol–water partition coefficient (Wildman–Crippen LogP) is 5.20. The highest BCUT2D eigenvalue weighted by molar-refractivity contribution is 5.86. The van der Waals surface area contributed by atoms with Crippen LogP contribution in [0.3, 0.4) is 0 Å². The summed E-state index contributed by atoms with van der Waals surface area (Å²) in [6, 6.07) is 8.71. The number of benzene rings is 1. The zero-order chi connectivity index (χ0) is 15.2. The fourth-order valence-corrected chi connectivity index (χ4v) is 2.68. The van der Waals surface area contributed by atoms with Crippen molar-refractivity contribution < 1.29 is 0 Å². The number of pyridine rings is 1. The molecule has 0 radical (unpaired) electrons. The van der Waals surface area contributed by atoms with Crippen molar-refractivity contribution in [3.8, 4) is 0 Å². The maximum atomic E-state index is 4.72. The lowest BCUT2D eigenvalue weighted by molar-refractivity contribution is 0.509. The smallest absolute Gasteiger partial charge is 0.129 e. The summed E-state index contributed by atoms with van der Waals surface area (Å²) < 4.78 is 0. The van der Waals surface area contributed by atoms with Crippen molar-refractivity contribution in [2.75, 3.05) is 18.0 Å². The Morgan fingerprint density at radius 2 is 2.00 bits per heavy atom. The van der Waals surface area contributed by atoms with Crippen LogP contribution in [-0.4, -0.2) is 18.1 Å². The molecule has 0 aliphatic heterocycles.